The minimum absolute atomic E-state index is 0.318. The Labute approximate surface area is 140 Å². The summed E-state index contributed by atoms with van der Waals surface area (Å²) in [4.78, 5) is 20.0. The maximum absolute atomic E-state index is 11.7. The zero-order chi connectivity index (χ0) is 16.6. The maximum atomic E-state index is 11.7. The van der Waals surface area contributed by atoms with Crippen molar-refractivity contribution >= 4 is 27.4 Å². The number of aryl methyl sites for hydroxylation is 1. The molecule has 7 nitrogen and oxygen atoms in total. The van der Waals surface area contributed by atoms with Crippen LogP contribution in [0.3, 0.4) is 0 Å². The molecule has 3 aromatic rings. The zero-order valence-electron chi connectivity index (χ0n) is 12.6. The Morgan fingerprint density at radius 3 is 2.70 bits per heavy atom. The summed E-state index contributed by atoms with van der Waals surface area (Å²) in [5, 5.41) is 4.47. The number of halogens is 1. The van der Waals surface area contributed by atoms with E-state index in [0.29, 0.717) is 22.7 Å². The lowest BCUT2D eigenvalue weighted by molar-refractivity contribution is 0.0996. The van der Waals surface area contributed by atoms with Gasteiger partial charge in [0.1, 0.15) is 5.75 Å². The second-order valence-electron chi connectivity index (χ2n) is 4.88. The van der Waals surface area contributed by atoms with Gasteiger partial charge < -0.3 is 10.5 Å². The number of aromatic nitrogens is 4. The molecule has 118 valence electrons. The molecule has 1 amide bonds. The first-order valence-corrected chi connectivity index (χ1v) is 7.74. The summed E-state index contributed by atoms with van der Waals surface area (Å²) in [7, 11) is 0. The van der Waals surface area contributed by atoms with Crippen molar-refractivity contribution in [1.82, 2.24) is 19.6 Å². The largest absolute Gasteiger partial charge is 0.491 e. The average Bonchev–Trinajstić information content (AvgIpc) is 2.82. The lowest BCUT2D eigenvalue weighted by atomic mass is 10.1. The molecule has 0 aliphatic carbocycles. The fraction of sp³-hybridized carbons (Fsp3) is 0.200. The Balaban J connectivity index is 2.27. The van der Waals surface area contributed by atoms with Gasteiger partial charge in [0.2, 0.25) is 0 Å². The molecule has 0 saturated heterocycles. The Morgan fingerprint density at radius 1 is 1.39 bits per heavy atom. The van der Waals surface area contributed by atoms with Crippen LogP contribution in [0.15, 0.2) is 29.4 Å². The number of nitrogens with zero attached hydrogens (tertiary/aromatic N) is 4. The van der Waals surface area contributed by atoms with Crippen LogP contribution in [0.25, 0.3) is 16.6 Å². The molecule has 0 aliphatic rings. The van der Waals surface area contributed by atoms with Gasteiger partial charge in [-0.05, 0) is 35.8 Å². The maximum Gasteiger partial charge on any atom is 0.252 e. The number of carbonyl (C=O) groups excluding carboxylic acids is 1. The summed E-state index contributed by atoms with van der Waals surface area (Å²) in [6.07, 6.45) is 5.05. The SMILES string of the molecule is CCOc1cn2nc(C)c(-c3cnc(Br)nc3)c2cc1C(N)=O. The van der Waals surface area contributed by atoms with E-state index in [-0.39, 0.29) is 0 Å². The molecule has 3 heterocycles. The van der Waals surface area contributed by atoms with Crippen LogP contribution >= 0.6 is 15.9 Å². The molecular weight excluding hydrogens is 362 g/mol. The summed E-state index contributed by atoms with van der Waals surface area (Å²) in [5.74, 6) is -0.138. The summed E-state index contributed by atoms with van der Waals surface area (Å²) in [6.45, 7) is 4.15. The first-order chi connectivity index (χ1) is 11.0. The van der Waals surface area contributed by atoms with Crippen LogP contribution in [-0.2, 0) is 0 Å². The number of amides is 1. The van der Waals surface area contributed by atoms with Gasteiger partial charge in [0.25, 0.3) is 5.91 Å². The van der Waals surface area contributed by atoms with Crippen molar-refractivity contribution in [3.8, 4) is 16.9 Å². The normalized spacial score (nSPS) is 10.9. The summed E-state index contributed by atoms with van der Waals surface area (Å²) >= 11 is 3.21. The van der Waals surface area contributed by atoms with Crippen LogP contribution in [0.4, 0.5) is 0 Å². The van der Waals surface area contributed by atoms with E-state index in [4.69, 9.17) is 10.5 Å². The van der Waals surface area contributed by atoms with Gasteiger partial charge in [-0.2, -0.15) is 5.10 Å². The van der Waals surface area contributed by atoms with E-state index >= 15 is 0 Å². The Hall–Kier alpha value is -2.48. The van der Waals surface area contributed by atoms with E-state index < -0.39 is 5.91 Å². The summed E-state index contributed by atoms with van der Waals surface area (Å²) in [6, 6.07) is 1.69. The molecule has 0 atom stereocenters. The fourth-order valence-corrected chi connectivity index (χ4v) is 2.66. The van der Waals surface area contributed by atoms with Gasteiger partial charge >= 0.3 is 0 Å². The minimum atomic E-state index is -0.548. The lowest BCUT2D eigenvalue weighted by Gasteiger charge is -2.09. The number of nitrogens with two attached hydrogens (primary N) is 1. The third kappa shape index (κ3) is 2.77. The van der Waals surface area contributed by atoms with Gasteiger partial charge in [0.15, 0.2) is 4.73 Å². The lowest BCUT2D eigenvalue weighted by Crippen LogP contribution is -2.14. The van der Waals surface area contributed by atoms with E-state index in [2.05, 4.69) is 31.0 Å². The standard InChI is InChI=1S/C15H14BrN5O2/c1-3-23-12-7-21-11(4-10(12)14(17)22)13(8(2)20-21)9-5-18-15(16)19-6-9/h4-7H,3H2,1-2H3,(H2,17,22). The Kier molecular flexibility index (Phi) is 3.99. The first kappa shape index (κ1) is 15.4. The van der Waals surface area contributed by atoms with Crippen LogP contribution in [-0.4, -0.2) is 32.1 Å². The zero-order valence-corrected chi connectivity index (χ0v) is 14.2. The smallest absolute Gasteiger partial charge is 0.252 e. The number of hydrogen-bond acceptors (Lipinski definition) is 5. The average molecular weight is 376 g/mol. The van der Waals surface area contributed by atoms with E-state index in [1.807, 2.05) is 13.8 Å². The number of pyridine rings is 1. The van der Waals surface area contributed by atoms with Gasteiger partial charge in [-0.15, -0.1) is 0 Å². The highest BCUT2D eigenvalue weighted by Crippen LogP contribution is 2.31. The number of ether oxygens (including phenoxy) is 1. The van der Waals surface area contributed by atoms with Crippen LogP contribution in [0.2, 0.25) is 0 Å². The van der Waals surface area contributed by atoms with Crippen LogP contribution in [0, 0.1) is 6.92 Å². The van der Waals surface area contributed by atoms with Crippen molar-refractivity contribution in [3.63, 3.8) is 0 Å². The number of fused-ring (bicyclic) bond motifs is 1. The van der Waals surface area contributed by atoms with Crippen molar-refractivity contribution in [3.05, 3.63) is 40.6 Å². The van der Waals surface area contributed by atoms with Crippen molar-refractivity contribution in [2.75, 3.05) is 6.61 Å². The highest BCUT2D eigenvalue weighted by atomic mass is 79.9. The third-order valence-electron chi connectivity index (χ3n) is 3.38. The monoisotopic (exact) mass is 375 g/mol. The fourth-order valence-electron chi connectivity index (χ4n) is 2.45. The molecule has 0 spiro atoms. The van der Waals surface area contributed by atoms with Crippen LogP contribution in [0.5, 0.6) is 5.75 Å². The number of rotatable bonds is 4. The molecule has 0 unspecified atom stereocenters. The summed E-state index contributed by atoms with van der Waals surface area (Å²) < 4.78 is 7.66. The van der Waals surface area contributed by atoms with Gasteiger partial charge in [0.05, 0.1) is 29.6 Å². The predicted molar refractivity (Wildman–Crippen MR) is 88.3 cm³/mol. The minimum Gasteiger partial charge on any atom is -0.491 e. The molecule has 0 bridgehead atoms. The van der Waals surface area contributed by atoms with Crippen molar-refractivity contribution in [1.29, 1.82) is 0 Å². The molecule has 0 aliphatic heterocycles. The van der Waals surface area contributed by atoms with Crippen LogP contribution < -0.4 is 10.5 Å². The number of primary amides is 1. The molecule has 0 radical (unpaired) electrons. The van der Waals surface area contributed by atoms with E-state index in [1.54, 1.807) is 29.2 Å². The van der Waals surface area contributed by atoms with E-state index in [9.17, 15) is 4.79 Å². The molecule has 3 aromatic heterocycles. The van der Waals surface area contributed by atoms with Crippen LogP contribution in [0.1, 0.15) is 23.0 Å². The molecule has 0 saturated carbocycles. The van der Waals surface area contributed by atoms with Gasteiger partial charge in [-0.25, -0.2) is 14.5 Å². The van der Waals surface area contributed by atoms with Gasteiger partial charge in [-0.1, -0.05) is 0 Å². The van der Waals surface area contributed by atoms with Gasteiger partial charge in [0, 0.05) is 23.5 Å². The van der Waals surface area contributed by atoms with Crippen molar-refractivity contribution in [2.45, 2.75) is 13.8 Å². The predicted octanol–water partition coefficient (Wildman–Crippen LogP) is 2.36. The first-order valence-electron chi connectivity index (χ1n) is 6.94. The number of carbonyl (C=O) groups is 1. The molecular formula is C15H14BrN5O2. The quantitative estimate of drug-likeness (QED) is 0.706. The Morgan fingerprint density at radius 2 is 2.09 bits per heavy atom. The molecule has 2 N–H and O–H groups in total. The molecule has 0 fully saturated rings. The van der Waals surface area contributed by atoms with E-state index in [1.165, 1.54) is 0 Å². The van der Waals surface area contributed by atoms with Crippen molar-refractivity contribution in [2.24, 2.45) is 5.73 Å². The summed E-state index contributed by atoms with van der Waals surface area (Å²) in [5.41, 5.74) is 8.98. The second-order valence-corrected chi connectivity index (χ2v) is 5.59. The molecule has 3 rings (SSSR count). The molecule has 23 heavy (non-hydrogen) atoms. The molecule has 8 heteroatoms. The van der Waals surface area contributed by atoms with Crippen molar-refractivity contribution < 1.29 is 9.53 Å². The number of hydrogen-bond donors (Lipinski definition) is 1. The molecule has 0 aromatic carbocycles. The highest BCUT2D eigenvalue weighted by molar-refractivity contribution is 9.10. The third-order valence-corrected chi connectivity index (χ3v) is 3.79. The second kappa shape index (κ2) is 5.96. The van der Waals surface area contributed by atoms with Gasteiger partial charge in [-0.3, -0.25) is 4.79 Å². The highest BCUT2D eigenvalue weighted by Gasteiger charge is 2.18. The van der Waals surface area contributed by atoms with E-state index in [0.717, 1.165) is 22.3 Å². The Bertz CT molecular complexity index is 889. The topological polar surface area (TPSA) is 95.4 Å².